The number of rotatable bonds is 8. The number of hydrogen-bond acceptors (Lipinski definition) is 8. The number of esters is 2. The Labute approximate surface area is 268 Å². The highest BCUT2D eigenvalue weighted by molar-refractivity contribution is 6.34. The van der Waals surface area contributed by atoms with Gasteiger partial charge in [-0.05, 0) is 70.8 Å². The van der Waals surface area contributed by atoms with Gasteiger partial charge in [0.2, 0.25) is 0 Å². The van der Waals surface area contributed by atoms with Gasteiger partial charge in [0, 0.05) is 17.6 Å². The molecule has 0 bridgehead atoms. The van der Waals surface area contributed by atoms with Gasteiger partial charge in [-0.2, -0.15) is 0 Å². The van der Waals surface area contributed by atoms with Crippen molar-refractivity contribution in [3.8, 4) is 11.5 Å². The van der Waals surface area contributed by atoms with E-state index in [0.29, 0.717) is 22.6 Å². The summed E-state index contributed by atoms with van der Waals surface area (Å²) in [6, 6.07) is 26.7. The van der Waals surface area contributed by atoms with Gasteiger partial charge in [-0.3, -0.25) is 29.8 Å². The van der Waals surface area contributed by atoms with Crippen molar-refractivity contribution in [1.29, 1.82) is 0 Å². The van der Waals surface area contributed by atoms with E-state index in [-0.39, 0.29) is 22.3 Å². The molecule has 4 aromatic carbocycles. The Hall–Kier alpha value is -6.42. The van der Waals surface area contributed by atoms with E-state index in [1.54, 1.807) is 48.5 Å². The van der Waals surface area contributed by atoms with Crippen LogP contribution < -0.4 is 20.1 Å². The number of carbonyl (C=O) groups is 6. The maximum Gasteiger partial charge on any atom is 0.343 e. The summed E-state index contributed by atoms with van der Waals surface area (Å²) in [5, 5.41) is 4.38. The van der Waals surface area contributed by atoms with E-state index in [0.717, 1.165) is 11.1 Å². The van der Waals surface area contributed by atoms with E-state index in [2.05, 4.69) is 10.6 Å². The largest absolute Gasteiger partial charge is 0.423 e. The Morgan fingerprint density at radius 2 is 0.851 bits per heavy atom. The number of amides is 4. The number of ether oxygens (including phenoxy) is 2. The zero-order valence-corrected chi connectivity index (χ0v) is 25.2. The minimum absolute atomic E-state index is 0.238. The summed E-state index contributed by atoms with van der Waals surface area (Å²) >= 11 is 0. The molecule has 0 aromatic heterocycles. The quantitative estimate of drug-likeness (QED) is 0.165. The number of nitrogens with one attached hydrogen (secondary N) is 2. The van der Waals surface area contributed by atoms with Crippen LogP contribution in [-0.4, -0.2) is 35.6 Å². The average Bonchev–Trinajstić information content (AvgIpc) is 3.59. The van der Waals surface area contributed by atoms with Crippen LogP contribution in [0.5, 0.6) is 11.5 Å². The van der Waals surface area contributed by atoms with Crippen molar-refractivity contribution in [3.63, 3.8) is 0 Å². The van der Waals surface area contributed by atoms with Gasteiger partial charge in [0.25, 0.3) is 23.6 Å². The zero-order valence-electron chi connectivity index (χ0n) is 25.2. The fraction of sp³-hybridized carbons (Fsp3) is 0.0811. The number of benzene rings is 4. The summed E-state index contributed by atoms with van der Waals surface area (Å²) in [5.74, 6) is -2.35. The minimum atomic E-state index is -0.569. The number of carbonyl (C=O) groups excluding carboxylic acids is 6. The lowest BCUT2D eigenvalue weighted by atomic mass is 9.78. The molecule has 0 saturated heterocycles. The molecule has 2 aliphatic heterocycles. The Morgan fingerprint density at radius 1 is 0.511 bits per heavy atom. The summed E-state index contributed by atoms with van der Waals surface area (Å²) in [6.07, 6.45) is 2.43. The molecular weight excluding hydrogens is 600 g/mol. The molecule has 0 radical (unpaired) electrons. The van der Waals surface area contributed by atoms with Gasteiger partial charge < -0.3 is 9.47 Å². The first-order valence-electron chi connectivity index (χ1n) is 14.5. The predicted octanol–water partition coefficient (Wildman–Crippen LogP) is 4.53. The Kier molecular flexibility index (Phi) is 7.92. The van der Waals surface area contributed by atoms with Gasteiger partial charge in [-0.1, -0.05) is 62.4 Å². The molecule has 6 rings (SSSR count). The minimum Gasteiger partial charge on any atom is -0.423 e. The molecule has 2 aliphatic rings. The summed E-state index contributed by atoms with van der Waals surface area (Å²) in [6.45, 7) is 4.08. The second-order valence-corrected chi connectivity index (χ2v) is 11.4. The Morgan fingerprint density at radius 3 is 1.15 bits per heavy atom. The first-order valence-corrected chi connectivity index (χ1v) is 14.5. The third-order valence-corrected chi connectivity index (χ3v) is 7.95. The van der Waals surface area contributed by atoms with E-state index in [9.17, 15) is 28.8 Å². The maximum atomic E-state index is 12.7. The van der Waals surface area contributed by atoms with Crippen LogP contribution in [0.2, 0.25) is 0 Å². The van der Waals surface area contributed by atoms with Crippen LogP contribution in [0.3, 0.4) is 0 Å². The molecule has 0 aliphatic carbocycles. The molecule has 4 amide bonds. The van der Waals surface area contributed by atoms with Gasteiger partial charge in [0.15, 0.2) is 0 Å². The molecule has 0 atom stereocenters. The molecule has 0 spiro atoms. The summed E-state index contributed by atoms with van der Waals surface area (Å²) in [4.78, 5) is 72.0. The van der Waals surface area contributed by atoms with Crippen LogP contribution in [0.4, 0.5) is 0 Å². The van der Waals surface area contributed by atoms with Crippen molar-refractivity contribution in [2.24, 2.45) is 0 Å². The molecular formula is C37H26N2O8. The average molecular weight is 627 g/mol. The number of imide groups is 2. The van der Waals surface area contributed by atoms with Gasteiger partial charge in [-0.15, -0.1) is 0 Å². The van der Waals surface area contributed by atoms with Crippen molar-refractivity contribution in [2.75, 3.05) is 0 Å². The molecule has 4 aromatic rings. The van der Waals surface area contributed by atoms with Crippen LogP contribution in [-0.2, 0) is 24.6 Å². The highest BCUT2D eigenvalue weighted by Crippen LogP contribution is 2.34. The highest BCUT2D eigenvalue weighted by atomic mass is 16.5. The van der Waals surface area contributed by atoms with Crippen molar-refractivity contribution < 1.29 is 38.2 Å². The van der Waals surface area contributed by atoms with Crippen LogP contribution >= 0.6 is 0 Å². The first-order chi connectivity index (χ1) is 22.5. The van der Waals surface area contributed by atoms with Gasteiger partial charge in [0.1, 0.15) is 11.5 Å². The summed E-state index contributed by atoms with van der Waals surface area (Å²) in [5.41, 5.74) is 3.55. The van der Waals surface area contributed by atoms with Crippen LogP contribution in [0.25, 0.3) is 11.1 Å². The lowest BCUT2D eigenvalue weighted by Crippen LogP contribution is -2.21. The van der Waals surface area contributed by atoms with E-state index >= 15 is 0 Å². The lowest BCUT2D eigenvalue weighted by molar-refractivity contribution is -0.124. The molecule has 232 valence electrons. The van der Waals surface area contributed by atoms with Crippen molar-refractivity contribution in [1.82, 2.24) is 10.6 Å². The van der Waals surface area contributed by atoms with Gasteiger partial charge in [0.05, 0.1) is 22.3 Å². The molecule has 47 heavy (non-hydrogen) atoms. The first kappa shape index (κ1) is 30.6. The summed E-state index contributed by atoms with van der Waals surface area (Å²) < 4.78 is 11.1. The third-order valence-electron chi connectivity index (χ3n) is 7.95. The second kappa shape index (κ2) is 12.2. The summed E-state index contributed by atoms with van der Waals surface area (Å²) in [7, 11) is 0. The monoisotopic (exact) mass is 626 g/mol. The lowest BCUT2D eigenvalue weighted by Gasteiger charge is -2.26. The normalized spacial score (nSPS) is 14.3. The zero-order chi connectivity index (χ0) is 33.3. The SMILES string of the molecule is CC(C)(c1ccc(OC(=O)c2ccc(C3=CC(=O)NC3=O)cc2)cc1)c1ccc(OC(=O)c2ccc(C3=CC(=O)NC3=O)cc2)cc1. The Balaban J connectivity index is 1.07. The van der Waals surface area contributed by atoms with Crippen LogP contribution in [0, 0.1) is 0 Å². The van der Waals surface area contributed by atoms with Crippen LogP contribution in [0.15, 0.2) is 109 Å². The molecule has 0 unspecified atom stereocenters. The molecule has 2 heterocycles. The van der Waals surface area contributed by atoms with Gasteiger partial charge in [-0.25, -0.2) is 9.59 Å². The molecule has 0 saturated carbocycles. The van der Waals surface area contributed by atoms with Crippen molar-refractivity contribution >= 4 is 46.7 Å². The molecule has 10 heteroatoms. The molecule has 0 fully saturated rings. The van der Waals surface area contributed by atoms with Gasteiger partial charge >= 0.3 is 11.9 Å². The predicted molar refractivity (Wildman–Crippen MR) is 170 cm³/mol. The highest BCUT2D eigenvalue weighted by Gasteiger charge is 2.25. The van der Waals surface area contributed by atoms with E-state index in [4.69, 9.17) is 9.47 Å². The van der Waals surface area contributed by atoms with Crippen molar-refractivity contribution in [3.05, 3.63) is 143 Å². The fourth-order valence-electron chi connectivity index (χ4n) is 5.20. The second-order valence-electron chi connectivity index (χ2n) is 11.4. The van der Waals surface area contributed by atoms with Crippen molar-refractivity contribution in [2.45, 2.75) is 19.3 Å². The third kappa shape index (κ3) is 6.38. The van der Waals surface area contributed by atoms with E-state index in [1.165, 1.54) is 36.4 Å². The Bertz CT molecular complexity index is 1870. The molecule has 10 nitrogen and oxygen atoms in total. The molecule has 2 N–H and O–H groups in total. The van der Waals surface area contributed by atoms with Crippen LogP contribution in [0.1, 0.15) is 56.8 Å². The fourth-order valence-corrected chi connectivity index (χ4v) is 5.20. The number of hydrogen-bond donors (Lipinski definition) is 2. The van der Waals surface area contributed by atoms with E-state index < -0.39 is 41.0 Å². The maximum absolute atomic E-state index is 12.7. The standard InChI is InChI=1S/C37H26N2O8/c1-37(2,25-11-15-27(16-12-25)46-35(44)23-7-3-21(4-8-23)29-19-31(40)38-33(29)42)26-13-17-28(18-14-26)47-36(45)24-9-5-22(6-10-24)30-20-32(41)39-34(30)43/h3-20H,1-2H3,(H,38,40,42)(H,39,41,43). The topological polar surface area (TPSA) is 145 Å². The van der Waals surface area contributed by atoms with E-state index in [1.807, 2.05) is 38.1 Å². The smallest absolute Gasteiger partial charge is 0.343 e.